The van der Waals surface area contributed by atoms with E-state index in [0.717, 1.165) is 12.0 Å². The van der Waals surface area contributed by atoms with Crippen molar-refractivity contribution in [3.05, 3.63) is 64.7 Å². The molecule has 0 fully saturated rings. The summed E-state index contributed by atoms with van der Waals surface area (Å²) in [5.41, 5.74) is 3.76. The maximum Gasteiger partial charge on any atom is 0.133 e. The number of rotatable bonds is 5. The highest BCUT2D eigenvalue weighted by Gasteiger charge is 2.21. The fourth-order valence-electron chi connectivity index (χ4n) is 2.12. The summed E-state index contributed by atoms with van der Waals surface area (Å²) in [4.78, 5) is 4.23. The van der Waals surface area contributed by atoms with Gasteiger partial charge in [0.25, 0.3) is 0 Å². The van der Waals surface area contributed by atoms with E-state index in [1.165, 1.54) is 0 Å². The molecule has 1 aromatic heterocycles. The van der Waals surface area contributed by atoms with Crippen LogP contribution in [0.5, 0.6) is 0 Å². The zero-order chi connectivity index (χ0) is 15.4. The van der Waals surface area contributed by atoms with Crippen molar-refractivity contribution in [3.63, 3.8) is 0 Å². The van der Waals surface area contributed by atoms with Crippen molar-refractivity contribution in [3.8, 4) is 0 Å². The van der Waals surface area contributed by atoms with Crippen LogP contribution in [0.25, 0.3) is 0 Å². The van der Waals surface area contributed by atoms with Crippen LogP contribution in [0.15, 0.2) is 30.5 Å². The van der Waals surface area contributed by atoms with Crippen LogP contribution in [0.3, 0.4) is 0 Å². The molecule has 0 saturated heterocycles. The van der Waals surface area contributed by atoms with E-state index in [1.54, 1.807) is 12.3 Å². The van der Waals surface area contributed by atoms with Gasteiger partial charge in [-0.05, 0) is 18.1 Å². The average Bonchev–Trinajstić information content (AvgIpc) is 2.45. The molecular formula is C15H16F3N3. The van der Waals surface area contributed by atoms with E-state index in [-0.39, 0.29) is 12.0 Å². The lowest BCUT2D eigenvalue weighted by atomic mass is 10.0. The van der Waals surface area contributed by atoms with Crippen LogP contribution in [0.4, 0.5) is 13.2 Å². The molecule has 0 aliphatic heterocycles. The van der Waals surface area contributed by atoms with Gasteiger partial charge in [0.05, 0.1) is 6.04 Å². The number of nitrogens with one attached hydrogen (secondary N) is 1. The van der Waals surface area contributed by atoms with E-state index in [4.69, 9.17) is 5.84 Å². The van der Waals surface area contributed by atoms with Gasteiger partial charge in [0.2, 0.25) is 0 Å². The Labute approximate surface area is 121 Å². The Balaban J connectivity index is 2.27. The first-order chi connectivity index (χ1) is 10.0. The summed E-state index contributed by atoms with van der Waals surface area (Å²) in [5, 5.41) is 0. The van der Waals surface area contributed by atoms with Gasteiger partial charge < -0.3 is 0 Å². The summed E-state index contributed by atoms with van der Waals surface area (Å²) in [6, 6.07) is 4.12. The largest absolute Gasteiger partial charge is 0.271 e. The highest BCUT2D eigenvalue weighted by Crippen LogP contribution is 2.24. The fourth-order valence-corrected chi connectivity index (χ4v) is 2.12. The van der Waals surface area contributed by atoms with Gasteiger partial charge in [0, 0.05) is 36.0 Å². The Morgan fingerprint density at radius 1 is 1.19 bits per heavy atom. The number of hydrogen-bond donors (Lipinski definition) is 2. The van der Waals surface area contributed by atoms with Gasteiger partial charge in [0.1, 0.15) is 17.5 Å². The minimum Gasteiger partial charge on any atom is -0.271 e. The lowest BCUT2D eigenvalue weighted by Gasteiger charge is -2.17. The molecule has 1 unspecified atom stereocenters. The Morgan fingerprint density at radius 3 is 2.33 bits per heavy atom. The van der Waals surface area contributed by atoms with Crippen molar-refractivity contribution in [2.45, 2.75) is 25.8 Å². The first-order valence-corrected chi connectivity index (χ1v) is 6.59. The Morgan fingerprint density at radius 2 is 1.86 bits per heavy atom. The Bertz CT molecular complexity index is 591. The van der Waals surface area contributed by atoms with Gasteiger partial charge in [-0.25, -0.2) is 13.2 Å². The van der Waals surface area contributed by atoms with Crippen molar-refractivity contribution < 1.29 is 13.2 Å². The zero-order valence-corrected chi connectivity index (χ0v) is 11.5. The third-order valence-electron chi connectivity index (χ3n) is 3.30. The number of hydrazine groups is 1. The number of aromatic nitrogens is 1. The van der Waals surface area contributed by atoms with Gasteiger partial charge >= 0.3 is 0 Å². The van der Waals surface area contributed by atoms with Crippen molar-refractivity contribution in [1.29, 1.82) is 0 Å². The summed E-state index contributed by atoms with van der Waals surface area (Å²) in [5.74, 6) is 2.47. The Kier molecular flexibility index (Phi) is 4.93. The smallest absolute Gasteiger partial charge is 0.133 e. The van der Waals surface area contributed by atoms with Crippen LogP contribution in [-0.4, -0.2) is 4.98 Å². The van der Waals surface area contributed by atoms with Crippen LogP contribution in [0.2, 0.25) is 0 Å². The molecule has 0 amide bonds. The molecule has 112 valence electrons. The predicted octanol–water partition coefficient (Wildman–Crippen LogP) is 2.81. The van der Waals surface area contributed by atoms with E-state index in [0.29, 0.717) is 17.8 Å². The molecule has 2 rings (SSSR count). The second kappa shape index (κ2) is 6.69. The molecule has 1 heterocycles. The number of halogens is 3. The number of benzene rings is 1. The van der Waals surface area contributed by atoms with Gasteiger partial charge in [-0.1, -0.05) is 13.0 Å². The molecule has 0 bridgehead atoms. The van der Waals surface area contributed by atoms with E-state index >= 15 is 0 Å². The number of aryl methyl sites for hydroxylation is 1. The average molecular weight is 295 g/mol. The van der Waals surface area contributed by atoms with E-state index in [1.807, 2.05) is 13.0 Å². The molecule has 0 saturated carbocycles. The maximum absolute atomic E-state index is 13.8. The number of nitrogens with zero attached hydrogens (tertiary/aromatic N) is 1. The first-order valence-electron chi connectivity index (χ1n) is 6.59. The second-order valence-corrected chi connectivity index (χ2v) is 4.72. The molecule has 0 radical (unpaired) electrons. The minimum absolute atomic E-state index is 0.194. The number of pyridine rings is 1. The van der Waals surface area contributed by atoms with Crippen LogP contribution in [-0.2, 0) is 12.8 Å². The van der Waals surface area contributed by atoms with Crippen molar-refractivity contribution >= 4 is 0 Å². The van der Waals surface area contributed by atoms with Crippen LogP contribution >= 0.6 is 0 Å². The topological polar surface area (TPSA) is 50.9 Å². The van der Waals surface area contributed by atoms with Crippen LogP contribution < -0.4 is 11.3 Å². The summed E-state index contributed by atoms with van der Waals surface area (Å²) < 4.78 is 40.5. The molecule has 6 heteroatoms. The summed E-state index contributed by atoms with van der Waals surface area (Å²) in [6.45, 7) is 2.00. The van der Waals surface area contributed by atoms with Crippen molar-refractivity contribution in [2.24, 2.45) is 5.84 Å². The zero-order valence-electron chi connectivity index (χ0n) is 11.5. The quantitative estimate of drug-likeness (QED) is 0.659. The number of hydrogen-bond acceptors (Lipinski definition) is 3. The molecule has 1 aromatic carbocycles. The highest BCUT2D eigenvalue weighted by molar-refractivity contribution is 5.26. The van der Waals surface area contributed by atoms with Crippen molar-refractivity contribution in [2.75, 3.05) is 0 Å². The molecule has 3 N–H and O–H groups in total. The van der Waals surface area contributed by atoms with Crippen molar-refractivity contribution in [1.82, 2.24) is 10.4 Å². The normalized spacial score (nSPS) is 12.4. The minimum atomic E-state index is -0.972. The lowest BCUT2D eigenvalue weighted by molar-refractivity contribution is 0.459. The SMILES string of the molecule is CCc1ccc(CC(NN)c2c(F)cc(F)cc2F)nc1. The fraction of sp³-hybridized carbons (Fsp3) is 0.267. The first kappa shape index (κ1) is 15.5. The lowest BCUT2D eigenvalue weighted by Crippen LogP contribution is -2.31. The molecule has 3 nitrogen and oxygen atoms in total. The van der Waals surface area contributed by atoms with Gasteiger partial charge in [-0.2, -0.15) is 0 Å². The third-order valence-corrected chi connectivity index (χ3v) is 3.30. The monoisotopic (exact) mass is 295 g/mol. The molecule has 0 aliphatic carbocycles. The summed E-state index contributed by atoms with van der Waals surface area (Å²) >= 11 is 0. The van der Waals surface area contributed by atoms with Gasteiger partial charge in [0.15, 0.2) is 0 Å². The molecule has 0 aliphatic rings. The number of nitrogens with two attached hydrogens (primary N) is 1. The molecule has 2 aromatic rings. The Hall–Kier alpha value is -1.92. The van der Waals surface area contributed by atoms with Gasteiger partial charge in [-0.3, -0.25) is 16.3 Å². The summed E-state index contributed by atoms with van der Waals surface area (Å²) in [7, 11) is 0. The van der Waals surface area contributed by atoms with E-state index < -0.39 is 23.5 Å². The second-order valence-electron chi connectivity index (χ2n) is 4.72. The third kappa shape index (κ3) is 3.59. The van der Waals surface area contributed by atoms with Crippen LogP contribution in [0.1, 0.15) is 29.8 Å². The maximum atomic E-state index is 13.8. The molecule has 21 heavy (non-hydrogen) atoms. The molecule has 0 spiro atoms. The van der Waals surface area contributed by atoms with Gasteiger partial charge in [-0.15, -0.1) is 0 Å². The van der Waals surface area contributed by atoms with Crippen LogP contribution in [0, 0.1) is 17.5 Å². The highest BCUT2D eigenvalue weighted by atomic mass is 19.1. The predicted molar refractivity (Wildman–Crippen MR) is 73.7 cm³/mol. The van der Waals surface area contributed by atoms with E-state index in [2.05, 4.69) is 10.4 Å². The standard InChI is InChI=1S/C15H16F3N3/c1-2-9-3-4-11(20-8-9)7-14(21-19)15-12(17)5-10(16)6-13(15)18/h3-6,8,14,21H,2,7,19H2,1H3. The summed E-state index contributed by atoms with van der Waals surface area (Å²) in [6.07, 6.45) is 2.76. The van der Waals surface area contributed by atoms with E-state index in [9.17, 15) is 13.2 Å². The molecular weight excluding hydrogens is 279 g/mol. The molecule has 1 atom stereocenters.